The van der Waals surface area contributed by atoms with Gasteiger partial charge in [0.1, 0.15) is 5.01 Å². The van der Waals surface area contributed by atoms with Crippen molar-refractivity contribution in [1.29, 1.82) is 0 Å². The lowest BCUT2D eigenvalue weighted by Gasteiger charge is -2.01. The first-order valence-corrected chi connectivity index (χ1v) is 8.79. The molecule has 0 radical (unpaired) electrons. The summed E-state index contributed by atoms with van der Waals surface area (Å²) in [5, 5.41) is 15.4. The summed E-state index contributed by atoms with van der Waals surface area (Å²) in [6.45, 7) is 0. The summed E-state index contributed by atoms with van der Waals surface area (Å²) in [4.78, 5) is 5.18. The zero-order valence-corrected chi connectivity index (χ0v) is 14.0. The summed E-state index contributed by atoms with van der Waals surface area (Å²) < 4.78 is 1.85. The topological polar surface area (TPSA) is 56.0 Å². The summed E-state index contributed by atoms with van der Waals surface area (Å²) in [6.07, 6.45) is 2.49. The molecule has 3 heterocycles. The molecule has 0 unspecified atom stereocenters. The molecule has 0 aliphatic carbocycles. The second-order valence-corrected chi connectivity index (χ2v) is 6.75. The lowest BCUT2D eigenvalue weighted by Crippen LogP contribution is -1.98. The molecule has 0 amide bonds. The Kier molecular flexibility index (Phi) is 3.28. The molecular weight excluding hydrogens is 330 g/mol. The van der Waals surface area contributed by atoms with Crippen molar-refractivity contribution in [3.63, 3.8) is 0 Å². The molecule has 5 rings (SSSR count). The van der Waals surface area contributed by atoms with Crippen LogP contribution in [0.3, 0.4) is 0 Å². The van der Waals surface area contributed by atoms with Crippen molar-refractivity contribution in [1.82, 2.24) is 24.8 Å². The van der Waals surface area contributed by atoms with Gasteiger partial charge in [-0.1, -0.05) is 53.8 Å². The van der Waals surface area contributed by atoms with Gasteiger partial charge in [-0.3, -0.25) is 4.98 Å². The molecule has 0 N–H and O–H groups in total. The quantitative estimate of drug-likeness (QED) is 0.497. The average Bonchev–Trinajstić information content (AvgIpc) is 3.24. The Labute approximate surface area is 147 Å². The van der Waals surface area contributed by atoms with Crippen LogP contribution in [0.1, 0.15) is 11.4 Å². The predicted octanol–water partition coefficient (Wildman–Crippen LogP) is 3.99. The van der Waals surface area contributed by atoms with E-state index in [0.29, 0.717) is 6.42 Å². The molecule has 3 aromatic heterocycles. The fraction of sp³-hybridized carbons (Fsp3) is 0.0526. The number of pyridine rings is 1. The van der Waals surface area contributed by atoms with Gasteiger partial charge in [-0.15, -0.1) is 10.2 Å². The average molecular weight is 343 g/mol. The van der Waals surface area contributed by atoms with Gasteiger partial charge in [-0.25, -0.2) is 0 Å². The van der Waals surface area contributed by atoms with Crippen molar-refractivity contribution in [2.75, 3.05) is 0 Å². The maximum atomic E-state index is 4.70. The smallest absolute Gasteiger partial charge is 0.234 e. The molecule has 5 nitrogen and oxygen atoms in total. The van der Waals surface area contributed by atoms with E-state index in [1.807, 2.05) is 41.0 Å². The molecule has 0 aliphatic heterocycles. The summed E-state index contributed by atoms with van der Waals surface area (Å²) >= 11 is 1.55. The number of rotatable bonds is 3. The Morgan fingerprint density at radius 2 is 1.84 bits per heavy atom. The highest BCUT2D eigenvalue weighted by atomic mass is 32.1. The van der Waals surface area contributed by atoms with Crippen LogP contribution < -0.4 is 0 Å². The maximum absolute atomic E-state index is 4.70. The third kappa shape index (κ3) is 2.56. The number of hydrogen-bond donors (Lipinski definition) is 0. The van der Waals surface area contributed by atoms with Crippen LogP contribution in [0.2, 0.25) is 0 Å². The van der Waals surface area contributed by atoms with Crippen molar-refractivity contribution in [3.8, 4) is 10.6 Å². The molecule has 0 bridgehead atoms. The van der Waals surface area contributed by atoms with E-state index in [9.17, 15) is 0 Å². The molecule has 0 saturated heterocycles. The molecule has 0 atom stereocenters. The SMILES string of the molecule is c1ccc(-c2nn3c(Cc4ccc5ncccc5c4)nnc3s2)cc1. The van der Waals surface area contributed by atoms with Crippen molar-refractivity contribution < 1.29 is 0 Å². The van der Waals surface area contributed by atoms with Gasteiger partial charge in [0.15, 0.2) is 5.82 Å². The minimum atomic E-state index is 0.684. The van der Waals surface area contributed by atoms with Crippen molar-refractivity contribution in [2.45, 2.75) is 6.42 Å². The summed E-state index contributed by atoms with van der Waals surface area (Å²) in [7, 11) is 0. The van der Waals surface area contributed by atoms with E-state index >= 15 is 0 Å². The van der Waals surface area contributed by atoms with E-state index in [-0.39, 0.29) is 0 Å². The van der Waals surface area contributed by atoms with Crippen LogP contribution in [0.4, 0.5) is 0 Å². The lowest BCUT2D eigenvalue weighted by atomic mass is 10.1. The fourth-order valence-electron chi connectivity index (χ4n) is 2.88. The van der Waals surface area contributed by atoms with Crippen LogP contribution in [0.25, 0.3) is 26.4 Å². The predicted molar refractivity (Wildman–Crippen MR) is 98.6 cm³/mol. The second-order valence-electron chi connectivity index (χ2n) is 5.79. The summed E-state index contributed by atoms with van der Waals surface area (Å²) in [5.74, 6) is 0.844. The third-order valence-corrected chi connectivity index (χ3v) is 5.05. The van der Waals surface area contributed by atoms with Gasteiger partial charge in [-0.2, -0.15) is 9.61 Å². The Hall–Kier alpha value is -3.12. The minimum Gasteiger partial charge on any atom is -0.256 e. The number of benzene rings is 2. The van der Waals surface area contributed by atoms with Crippen LogP contribution in [0.5, 0.6) is 0 Å². The molecule has 5 aromatic rings. The van der Waals surface area contributed by atoms with E-state index in [1.54, 1.807) is 11.3 Å². The Morgan fingerprint density at radius 3 is 2.76 bits per heavy atom. The Bertz CT molecular complexity index is 1180. The van der Waals surface area contributed by atoms with Gasteiger partial charge in [0.2, 0.25) is 4.96 Å². The van der Waals surface area contributed by atoms with Crippen molar-refractivity contribution >= 4 is 27.2 Å². The first-order chi connectivity index (χ1) is 12.4. The molecule has 120 valence electrons. The largest absolute Gasteiger partial charge is 0.256 e. The fourth-order valence-corrected chi connectivity index (χ4v) is 3.75. The minimum absolute atomic E-state index is 0.684. The first kappa shape index (κ1) is 14.2. The second kappa shape index (κ2) is 5.75. The number of hydrogen-bond acceptors (Lipinski definition) is 5. The molecule has 2 aromatic carbocycles. The highest BCUT2D eigenvalue weighted by molar-refractivity contribution is 7.19. The van der Waals surface area contributed by atoms with Crippen LogP contribution >= 0.6 is 11.3 Å². The third-order valence-electron chi connectivity index (χ3n) is 4.11. The van der Waals surface area contributed by atoms with E-state index in [0.717, 1.165) is 32.3 Å². The van der Waals surface area contributed by atoms with Crippen LogP contribution in [-0.2, 0) is 6.42 Å². The molecule has 0 saturated carbocycles. The van der Waals surface area contributed by atoms with E-state index in [1.165, 1.54) is 5.56 Å². The number of fused-ring (bicyclic) bond motifs is 2. The van der Waals surface area contributed by atoms with E-state index in [2.05, 4.69) is 45.5 Å². The highest BCUT2D eigenvalue weighted by Gasteiger charge is 2.13. The van der Waals surface area contributed by atoms with Gasteiger partial charge in [-0.05, 0) is 23.8 Å². The van der Waals surface area contributed by atoms with Gasteiger partial charge >= 0.3 is 0 Å². The van der Waals surface area contributed by atoms with Gasteiger partial charge in [0.05, 0.1) is 5.52 Å². The molecule has 0 fully saturated rings. The normalized spacial score (nSPS) is 11.4. The Morgan fingerprint density at radius 1 is 0.920 bits per heavy atom. The van der Waals surface area contributed by atoms with Crippen LogP contribution in [-0.4, -0.2) is 24.8 Å². The molecule has 6 heteroatoms. The lowest BCUT2D eigenvalue weighted by molar-refractivity contribution is 0.855. The van der Waals surface area contributed by atoms with Crippen molar-refractivity contribution in [3.05, 3.63) is 78.2 Å². The maximum Gasteiger partial charge on any atom is 0.234 e. The van der Waals surface area contributed by atoms with Crippen molar-refractivity contribution in [2.24, 2.45) is 0 Å². The molecule has 25 heavy (non-hydrogen) atoms. The molecule has 0 spiro atoms. The number of nitrogens with zero attached hydrogens (tertiary/aromatic N) is 5. The van der Waals surface area contributed by atoms with E-state index in [4.69, 9.17) is 5.10 Å². The summed E-state index contributed by atoms with van der Waals surface area (Å²) in [5.41, 5.74) is 3.27. The summed E-state index contributed by atoms with van der Waals surface area (Å²) in [6, 6.07) is 20.4. The highest BCUT2D eigenvalue weighted by Crippen LogP contribution is 2.25. The molecule has 0 aliphatic rings. The standard InChI is InChI=1S/C19H13N5S/c1-2-5-14(6-3-1)18-23-24-17(21-22-19(24)25-18)12-13-8-9-16-15(11-13)7-4-10-20-16/h1-11H,12H2. The number of aromatic nitrogens is 5. The molecular formula is C19H13N5S. The van der Waals surface area contributed by atoms with Gasteiger partial charge < -0.3 is 0 Å². The van der Waals surface area contributed by atoms with E-state index < -0.39 is 0 Å². The van der Waals surface area contributed by atoms with Crippen LogP contribution in [0, 0.1) is 0 Å². The van der Waals surface area contributed by atoms with Gasteiger partial charge in [0.25, 0.3) is 0 Å². The van der Waals surface area contributed by atoms with Gasteiger partial charge in [0, 0.05) is 23.6 Å². The van der Waals surface area contributed by atoms with Crippen LogP contribution in [0.15, 0.2) is 66.9 Å². The zero-order chi connectivity index (χ0) is 16.6. The first-order valence-electron chi connectivity index (χ1n) is 7.97. The monoisotopic (exact) mass is 343 g/mol. The zero-order valence-electron chi connectivity index (χ0n) is 13.2. The Balaban J connectivity index is 1.52.